The van der Waals surface area contributed by atoms with Gasteiger partial charge in [-0.05, 0) is 12.8 Å². The molecule has 15 heteroatoms. The summed E-state index contributed by atoms with van der Waals surface area (Å²) in [5.74, 6) is -7.40. The number of urea groups is 1. The molecule has 3 unspecified atom stereocenters. The van der Waals surface area contributed by atoms with Crippen molar-refractivity contribution in [1.29, 1.82) is 0 Å². The SMILES string of the molecule is COC(=O)CCCCC1SCC2C1N(C(=O)C(C(F)(F)F)C(F)(F)F)C(=O)N2C(=O)OC. The van der Waals surface area contributed by atoms with Crippen LogP contribution in [0.4, 0.5) is 35.9 Å². The zero-order valence-corrected chi connectivity index (χ0v) is 17.7. The van der Waals surface area contributed by atoms with Gasteiger partial charge in [0.2, 0.25) is 5.92 Å². The summed E-state index contributed by atoms with van der Waals surface area (Å²) in [6.45, 7) is 0. The van der Waals surface area contributed by atoms with Gasteiger partial charge in [-0.2, -0.15) is 38.1 Å². The van der Waals surface area contributed by atoms with E-state index in [9.17, 15) is 45.5 Å². The fourth-order valence-corrected chi connectivity index (χ4v) is 5.37. The molecular weight excluding hydrogens is 474 g/mol. The number of ether oxygens (including phenoxy) is 2. The van der Waals surface area contributed by atoms with Gasteiger partial charge in [0.25, 0.3) is 5.91 Å². The van der Waals surface area contributed by atoms with Crippen LogP contribution in [0.15, 0.2) is 0 Å². The molecule has 0 aromatic heterocycles. The molecule has 3 atom stereocenters. The highest BCUT2D eigenvalue weighted by atomic mass is 32.2. The Labute approximate surface area is 182 Å². The van der Waals surface area contributed by atoms with Gasteiger partial charge in [0.1, 0.15) is 0 Å². The Bertz CT molecular complexity index is 747. The first kappa shape index (κ1) is 26.1. The summed E-state index contributed by atoms with van der Waals surface area (Å²) in [6.07, 6.45) is -12.4. The first-order valence-electron chi connectivity index (χ1n) is 9.31. The van der Waals surface area contributed by atoms with Gasteiger partial charge in [0, 0.05) is 17.4 Å². The van der Waals surface area contributed by atoms with Gasteiger partial charge in [0.15, 0.2) is 0 Å². The van der Waals surface area contributed by atoms with Crippen molar-refractivity contribution in [2.45, 2.75) is 55.4 Å². The van der Waals surface area contributed by atoms with Crippen LogP contribution in [-0.4, -0.2) is 83.5 Å². The van der Waals surface area contributed by atoms with E-state index in [1.165, 1.54) is 7.11 Å². The number of esters is 1. The molecule has 0 aromatic carbocycles. The lowest BCUT2D eigenvalue weighted by atomic mass is 9.99. The summed E-state index contributed by atoms with van der Waals surface area (Å²) in [4.78, 5) is 48.6. The number of alkyl halides is 6. The average molecular weight is 494 g/mol. The molecule has 4 amide bonds. The fourth-order valence-electron chi connectivity index (χ4n) is 3.75. The molecule has 0 bridgehead atoms. The molecule has 0 spiro atoms. The highest BCUT2D eigenvalue weighted by molar-refractivity contribution is 8.00. The molecule has 0 aliphatic carbocycles. The van der Waals surface area contributed by atoms with E-state index in [1.807, 2.05) is 0 Å². The molecule has 2 saturated heterocycles. The van der Waals surface area contributed by atoms with Gasteiger partial charge in [0.05, 0.1) is 26.3 Å². The van der Waals surface area contributed by atoms with Crippen LogP contribution in [0.3, 0.4) is 0 Å². The third kappa shape index (κ3) is 5.23. The van der Waals surface area contributed by atoms with E-state index in [1.54, 1.807) is 0 Å². The molecule has 8 nitrogen and oxygen atoms in total. The third-order valence-electron chi connectivity index (χ3n) is 5.16. The van der Waals surface area contributed by atoms with Gasteiger partial charge >= 0.3 is 30.4 Å². The molecule has 2 aliphatic heterocycles. The Balaban J connectivity index is 2.33. The van der Waals surface area contributed by atoms with Crippen LogP contribution in [0.5, 0.6) is 0 Å². The van der Waals surface area contributed by atoms with E-state index in [2.05, 4.69) is 9.47 Å². The molecule has 2 heterocycles. The lowest BCUT2D eigenvalue weighted by Crippen LogP contribution is -2.54. The molecule has 0 saturated carbocycles. The Kier molecular flexibility index (Phi) is 7.94. The predicted octanol–water partition coefficient (Wildman–Crippen LogP) is 3.34. The van der Waals surface area contributed by atoms with Crippen LogP contribution in [0.2, 0.25) is 0 Å². The molecule has 182 valence electrons. The summed E-state index contributed by atoms with van der Waals surface area (Å²) in [5.41, 5.74) is 0. The normalized spacial score (nSPS) is 23.5. The number of carbonyl (C=O) groups is 4. The predicted molar refractivity (Wildman–Crippen MR) is 96.4 cm³/mol. The van der Waals surface area contributed by atoms with E-state index >= 15 is 0 Å². The van der Waals surface area contributed by atoms with Gasteiger partial charge in [-0.1, -0.05) is 6.42 Å². The molecular formula is C17H20F6N2O6S. The standard InChI is InChI=1S/C17H20F6N2O6S/c1-30-10(26)6-4-3-5-9-11-8(7-32-9)24(15(29)31-2)14(28)25(11)13(27)12(16(18,19)20)17(21,22)23/h8-9,11-12H,3-7H2,1-2H3. The van der Waals surface area contributed by atoms with Crippen molar-refractivity contribution in [3.05, 3.63) is 0 Å². The second-order valence-electron chi connectivity index (χ2n) is 7.10. The lowest BCUT2D eigenvalue weighted by molar-refractivity contribution is -0.276. The molecule has 2 aliphatic rings. The number of nitrogens with zero attached hydrogens (tertiary/aromatic N) is 2. The average Bonchev–Trinajstić information content (AvgIpc) is 3.18. The van der Waals surface area contributed by atoms with E-state index in [0.29, 0.717) is 17.7 Å². The van der Waals surface area contributed by atoms with Gasteiger partial charge < -0.3 is 9.47 Å². The summed E-state index contributed by atoms with van der Waals surface area (Å²) in [5, 5.41) is -0.734. The van der Waals surface area contributed by atoms with Crippen molar-refractivity contribution < 1.29 is 55.0 Å². The summed E-state index contributed by atoms with van der Waals surface area (Å²) < 4.78 is 87.7. The van der Waals surface area contributed by atoms with Crippen LogP contribution < -0.4 is 0 Å². The van der Waals surface area contributed by atoms with Crippen molar-refractivity contribution in [1.82, 2.24) is 9.80 Å². The Morgan fingerprint density at radius 3 is 2.12 bits per heavy atom. The minimum absolute atomic E-state index is 0.000340. The number of imide groups is 2. The maximum absolute atomic E-state index is 13.1. The third-order valence-corrected chi connectivity index (χ3v) is 6.63. The minimum atomic E-state index is -5.99. The van der Waals surface area contributed by atoms with Crippen molar-refractivity contribution in [3.8, 4) is 0 Å². The van der Waals surface area contributed by atoms with Crippen LogP contribution in [0.25, 0.3) is 0 Å². The Morgan fingerprint density at radius 2 is 1.62 bits per heavy atom. The van der Waals surface area contributed by atoms with Crippen molar-refractivity contribution in [2.75, 3.05) is 20.0 Å². The molecule has 2 rings (SSSR count). The van der Waals surface area contributed by atoms with Crippen molar-refractivity contribution in [2.24, 2.45) is 5.92 Å². The highest BCUT2D eigenvalue weighted by Crippen LogP contribution is 2.46. The first-order valence-corrected chi connectivity index (χ1v) is 10.4. The van der Waals surface area contributed by atoms with Crippen LogP contribution >= 0.6 is 11.8 Å². The maximum Gasteiger partial charge on any atom is 0.418 e. The van der Waals surface area contributed by atoms with E-state index in [4.69, 9.17) is 0 Å². The molecule has 0 radical (unpaired) electrons. The first-order chi connectivity index (χ1) is 14.8. The fraction of sp³-hybridized carbons (Fsp3) is 0.765. The number of hydrogen-bond acceptors (Lipinski definition) is 7. The summed E-state index contributed by atoms with van der Waals surface area (Å²) in [7, 11) is 2.07. The number of thioether (sulfide) groups is 1. The number of halogens is 6. The van der Waals surface area contributed by atoms with Crippen LogP contribution in [-0.2, 0) is 19.1 Å². The second kappa shape index (κ2) is 9.75. The Morgan fingerprint density at radius 1 is 1.03 bits per heavy atom. The number of hydrogen-bond donors (Lipinski definition) is 0. The lowest BCUT2D eigenvalue weighted by Gasteiger charge is -2.30. The van der Waals surface area contributed by atoms with E-state index < -0.39 is 59.6 Å². The molecule has 2 fully saturated rings. The number of methoxy groups -OCH3 is 2. The van der Waals surface area contributed by atoms with E-state index in [0.717, 1.165) is 18.9 Å². The molecule has 32 heavy (non-hydrogen) atoms. The number of fused-ring (bicyclic) bond motifs is 1. The zero-order valence-electron chi connectivity index (χ0n) is 16.9. The quantitative estimate of drug-likeness (QED) is 0.242. The number of rotatable bonds is 6. The molecule has 0 aromatic rings. The molecule has 0 N–H and O–H groups in total. The minimum Gasteiger partial charge on any atom is -0.469 e. The summed E-state index contributed by atoms with van der Waals surface area (Å²) >= 11 is 1.11. The van der Waals surface area contributed by atoms with Crippen molar-refractivity contribution >= 4 is 35.8 Å². The second-order valence-corrected chi connectivity index (χ2v) is 8.37. The number of amides is 4. The number of unbranched alkanes of at least 4 members (excludes halogenated alkanes) is 1. The highest BCUT2D eigenvalue weighted by Gasteiger charge is 2.67. The van der Waals surface area contributed by atoms with Gasteiger partial charge in [-0.25, -0.2) is 14.5 Å². The van der Waals surface area contributed by atoms with E-state index in [-0.39, 0.29) is 23.5 Å². The zero-order chi connectivity index (χ0) is 24.4. The summed E-state index contributed by atoms with van der Waals surface area (Å²) in [6, 6.07) is -4.13. The monoisotopic (exact) mass is 494 g/mol. The van der Waals surface area contributed by atoms with Gasteiger partial charge in [-0.3, -0.25) is 14.5 Å². The smallest absolute Gasteiger partial charge is 0.418 e. The van der Waals surface area contributed by atoms with Crippen molar-refractivity contribution in [3.63, 3.8) is 0 Å². The van der Waals surface area contributed by atoms with Gasteiger partial charge in [-0.15, -0.1) is 0 Å². The van der Waals surface area contributed by atoms with Crippen LogP contribution in [0, 0.1) is 5.92 Å². The van der Waals surface area contributed by atoms with Crippen LogP contribution in [0.1, 0.15) is 25.7 Å². The largest absolute Gasteiger partial charge is 0.469 e. The topological polar surface area (TPSA) is 93.2 Å². The Hall–Kier alpha value is -2.19. The maximum atomic E-state index is 13.1. The number of carbonyl (C=O) groups excluding carboxylic acids is 4.